The zero-order valence-corrected chi connectivity index (χ0v) is 11.6. The van der Waals surface area contributed by atoms with Gasteiger partial charge in [-0.05, 0) is 38.2 Å². The van der Waals surface area contributed by atoms with E-state index in [-0.39, 0.29) is 0 Å². The van der Waals surface area contributed by atoms with E-state index in [0.29, 0.717) is 5.92 Å². The van der Waals surface area contributed by atoms with E-state index >= 15 is 0 Å². The number of nitrogens with one attached hydrogen (secondary N) is 1. The van der Waals surface area contributed by atoms with E-state index in [1.165, 1.54) is 18.5 Å². The Labute approximate surface area is 116 Å². The number of hydrogen-bond acceptors (Lipinski definition) is 1. The van der Waals surface area contributed by atoms with Crippen molar-refractivity contribution in [3.63, 3.8) is 0 Å². The zero-order chi connectivity index (χ0) is 13.5. The van der Waals surface area contributed by atoms with E-state index in [1.807, 2.05) is 6.08 Å². The minimum absolute atomic E-state index is 0.581. The Bertz CT molecular complexity index is 460. The molecule has 19 heavy (non-hydrogen) atoms. The molecule has 2 aliphatic carbocycles. The minimum Gasteiger partial charge on any atom is -0.360 e. The summed E-state index contributed by atoms with van der Waals surface area (Å²) in [5.74, 6) is 0.581. The Morgan fingerprint density at radius 2 is 2.37 bits per heavy atom. The molecule has 1 heteroatoms. The van der Waals surface area contributed by atoms with Gasteiger partial charge in [0.2, 0.25) is 0 Å². The normalized spacial score (nSPS) is 21.6. The van der Waals surface area contributed by atoms with Gasteiger partial charge in [0.25, 0.3) is 0 Å². The molecule has 0 saturated carbocycles. The van der Waals surface area contributed by atoms with Crippen molar-refractivity contribution in [2.75, 3.05) is 0 Å². The maximum absolute atomic E-state index is 4.04. The Kier molecular flexibility index (Phi) is 5.02. The molecule has 0 aliphatic heterocycles. The quantitative estimate of drug-likeness (QED) is 0.671. The maximum atomic E-state index is 4.04. The molecular formula is C18H23N. The lowest BCUT2D eigenvalue weighted by Gasteiger charge is -2.21. The SMILES string of the molecule is C=CCCC(=C)NC1=CCC(C2=CC=CCC2)C=C1. The van der Waals surface area contributed by atoms with Crippen molar-refractivity contribution in [1.29, 1.82) is 0 Å². The summed E-state index contributed by atoms with van der Waals surface area (Å²) in [5.41, 5.74) is 3.80. The van der Waals surface area contributed by atoms with Gasteiger partial charge >= 0.3 is 0 Å². The van der Waals surface area contributed by atoms with Crippen LogP contribution in [0.4, 0.5) is 0 Å². The fourth-order valence-electron chi connectivity index (χ4n) is 2.46. The number of allylic oxidation sites excluding steroid dienone is 9. The third-order valence-corrected chi connectivity index (χ3v) is 3.59. The first-order valence-corrected chi connectivity index (χ1v) is 7.09. The fraction of sp³-hybridized carbons (Fsp3) is 0.333. The molecule has 0 amide bonds. The smallest absolute Gasteiger partial charge is 0.0338 e. The molecule has 0 heterocycles. The summed E-state index contributed by atoms with van der Waals surface area (Å²) in [6.07, 6.45) is 20.8. The second kappa shape index (κ2) is 6.98. The largest absolute Gasteiger partial charge is 0.360 e. The van der Waals surface area contributed by atoms with Crippen molar-refractivity contribution >= 4 is 0 Å². The predicted octanol–water partition coefficient (Wildman–Crippen LogP) is 4.79. The highest BCUT2D eigenvalue weighted by atomic mass is 14.9. The van der Waals surface area contributed by atoms with E-state index < -0.39 is 0 Å². The van der Waals surface area contributed by atoms with Crippen LogP contribution in [-0.4, -0.2) is 0 Å². The Balaban J connectivity index is 1.85. The highest BCUT2D eigenvalue weighted by Crippen LogP contribution is 2.28. The first-order chi connectivity index (χ1) is 9.29. The third kappa shape index (κ3) is 4.13. The molecular weight excluding hydrogens is 230 g/mol. The van der Waals surface area contributed by atoms with Gasteiger partial charge in [0.1, 0.15) is 0 Å². The highest BCUT2D eigenvalue weighted by molar-refractivity contribution is 5.32. The average molecular weight is 253 g/mol. The van der Waals surface area contributed by atoms with Gasteiger partial charge in [0.15, 0.2) is 0 Å². The molecule has 1 atom stereocenters. The van der Waals surface area contributed by atoms with E-state index in [1.54, 1.807) is 5.57 Å². The second-order valence-electron chi connectivity index (χ2n) is 5.13. The monoisotopic (exact) mass is 253 g/mol. The van der Waals surface area contributed by atoms with Gasteiger partial charge in [-0.2, -0.15) is 0 Å². The molecule has 1 N–H and O–H groups in total. The Hall–Kier alpha value is -1.76. The van der Waals surface area contributed by atoms with Gasteiger partial charge in [-0.3, -0.25) is 0 Å². The molecule has 0 bridgehead atoms. The first kappa shape index (κ1) is 13.7. The summed E-state index contributed by atoms with van der Waals surface area (Å²) in [4.78, 5) is 0. The molecule has 1 nitrogen and oxygen atoms in total. The number of rotatable bonds is 6. The Morgan fingerprint density at radius 3 is 3.00 bits per heavy atom. The lowest BCUT2D eigenvalue weighted by atomic mass is 9.87. The van der Waals surface area contributed by atoms with Crippen LogP contribution in [0.15, 0.2) is 72.7 Å². The summed E-state index contributed by atoms with van der Waals surface area (Å²) >= 11 is 0. The molecule has 0 aromatic carbocycles. The first-order valence-electron chi connectivity index (χ1n) is 7.09. The predicted molar refractivity (Wildman–Crippen MR) is 83.5 cm³/mol. The van der Waals surface area contributed by atoms with Gasteiger partial charge in [-0.1, -0.05) is 48.6 Å². The number of hydrogen-bond donors (Lipinski definition) is 1. The summed E-state index contributed by atoms with van der Waals surface area (Å²) in [5, 5.41) is 3.38. The molecule has 0 saturated heterocycles. The average Bonchev–Trinajstić information content (AvgIpc) is 2.47. The van der Waals surface area contributed by atoms with Crippen molar-refractivity contribution in [2.24, 2.45) is 5.92 Å². The zero-order valence-electron chi connectivity index (χ0n) is 11.6. The van der Waals surface area contributed by atoms with Gasteiger partial charge in [-0.15, -0.1) is 6.58 Å². The van der Waals surface area contributed by atoms with Crippen LogP contribution in [-0.2, 0) is 0 Å². The van der Waals surface area contributed by atoms with Crippen molar-refractivity contribution in [1.82, 2.24) is 5.32 Å². The highest BCUT2D eigenvalue weighted by Gasteiger charge is 2.14. The van der Waals surface area contributed by atoms with Crippen LogP contribution in [0, 0.1) is 5.92 Å². The van der Waals surface area contributed by atoms with Gasteiger partial charge < -0.3 is 5.32 Å². The van der Waals surface area contributed by atoms with Crippen LogP contribution in [0.2, 0.25) is 0 Å². The van der Waals surface area contributed by atoms with Crippen LogP contribution in [0.5, 0.6) is 0 Å². The minimum atomic E-state index is 0.581. The van der Waals surface area contributed by atoms with Crippen molar-refractivity contribution in [3.8, 4) is 0 Å². The van der Waals surface area contributed by atoms with Crippen LogP contribution in [0.1, 0.15) is 32.1 Å². The third-order valence-electron chi connectivity index (χ3n) is 3.59. The fourth-order valence-corrected chi connectivity index (χ4v) is 2.46. The van der Waals surface area contributed by atoms with E-state index in [4.69, 9.17) is 0 Å². The molecule has 2 aliphatic rings. The van der Waals surface area contributed by atoms with Crippen molar-refractivity contribution in [2.45, 2.75) is 32.1 Å². The summed E-state index contributed by atoms with van der Waals surface area (Å²) < 4.78 is 0. The summed E-state index contributed by atoms with van der Waals surface area (Å²) in [7, 11) is 0. The molecule has 0 fully saturated rings. The molecule has 0 aromatic heterocycles. The van der Waals surface area contributed by atoms with Crippen molar-refractivity contribution in [3.05, 3.63) is 72.7 Å². The van der Waals surface area contributed by atoms with E-state index in [9.17, 15) is 0 Å². The van der Waals surface area contributed by atoms with E-state index in [0.717, 1.165) is 25.0 Å². The molecule has 100 valence electrons. The molecule has 1 unspecified atom stereocenters. The van der Waals surface area contributed by atoms with Gasteiger partial charge in [0, 0.05) is 17.3 Å². The van der Waals surface area contributed by atoms with Crippen LogP contribution >= 0.6 is 0 Å². The standard InChI is InChI=1S/C18H23N/c1-3-4-8-15(2)19-18-13-11-17(12-14-18)16-9-6-5-7-10-16/h3,5-6,9,11,13-14,17,19H,1-2,4,7-8,10,12H2. The summed E-state index contributed by atoms with van der Waals surface area (Å²) in [6.45, 7) is 7.77. The van der Waals surface area contributed by atoms with E-state index in [2.05, 4.69) is 54.9 Å². The molecule has 0 radical (unpaired) electrons. The van der Waals surface area contributed by atoms with Crippen LogP contribution in [0.25, 0.3) is 0 Å². The summed E-state index contributed by atoms with van der Waals surface area (Å²) in [6, 6.07) is 0. The topological polar surface area (TPSA) is 12.0 Å². The van der Waals surface area contributed by atoms with Crippen LogP contribution in [0.3, 0.4) is 0 Å². The van der Waals surface area contributed by atoms with Crippen LogP contribution < -0.4 is 5.32 Å². The molecule has 2 rings (SSSR count). The maximum Gasteiger partial charge on any atom is 0.0338 e. The molecule has 0 spiro atoms. The lowest BCUT2D eigenvalue weighted by Crippen LogP contribution is -2.14. The van der Waals surface area contributed by atoms with Crippen molar-refractivity contribution < 1.29 is 0 Å². The molecule has 0 aromatic rings. The lowest BCUT2D eigenvalue weighted by molar-refractivity contribution is 0.699. The second-order valence-corrected chi connectivity index (χ2v) is 5.13. The van der Waals surface area contributed by atoms with Gasteiger partial charge in [-0.25, -0.2) is 0 Å². The Morgan fingerprint density at radius 1 is 1.47 bits per heavy atom. The van der Waals surface area contributed by atoms with Gasteiger partial charge in [0.05, 0.1) is 0 Å².